The SMILES string of the molecule is CC(NC(=O)C1(CN)CC1)c1cccc(C(F)(F)F)c1. The summed E-state index contributed by atoms with van der Waals surface area (Å²) in [5.74, 6) is -0.176. The Morgan fingerprint density at radius 1 is 1.45 bits per heavy atom. The van der Waals surface area contributed by atoms with Gasteiger partial charge in [-0.2, -0.15) is 13.2 Å². The normalized spacial score (nSPS) is 18.4. The van der Waals surface area contributed by atoms with Crippen LogP contribution in [-0.2, 0) is 11.0 Å². The average molecular weight is 286 g/mol. The lowest BCUT2D eigenvalue weighted by molar-refractivity contribution is -0.137. The van der Waals surface area contributed by atoms with Crippen molar-refractivity contribution in [3.8, 4) is 0 Å². The van der Waals surface area contributed by atoms with E-state index in [1.807, 2.05) is 0 Å². The summed E-state index contributed by atoms with van der Waals surface area (Å²) in [4.78, 5) is 12.0. The first-order valence-corrected chi connectivity index (χ1v) is 6.47. The number of hydrogen-bond donors (Lipinski definition) is 2. The summed E-state index contributed by atoms with van der Waals surface area (Å²) >= 11 is 0. The van der Waals surface area contributed by atoms with E-state index in [1.54, 1.807) is 13.0 Å². The van der Waals surface area contributed by atoms with Crippen molar-refractivity contribution in [3.63, 3.8) is 0 Å². The number of alkyl halides is 3. The summed E-state index contributed by atoms with van der Waals surface area (Å²) in [7, 11) is 0. The summed E-state index contributed by atoms with van der Waals surface area (Å²) in [5, 5.41) is 2.74. The quantitative estimate of drug-likeness (QED) is 0.894. The molecule has 1 fully saturated rings. The van der Waals surface area contributed by atoms with Crippen LogP contribution < -0.4 is 11.1 Å². The Kier molecular flexibility index (Phi) is 3.77. The smallest absolute Gasteiger partial charge is 0.349 e. The van der Waals surface area contributed by atoms with Gasteiger partial charge in [-0.25, -0.2) is 0 Å². The number of halogens is 3. The molecule has 1 aromatic carbocycles. The fourth-order valence-corrected chi connectivity index (χ4v) is 2.09. The van der Waals surface area contributed by atoms with E-state index < -0.39 is 23.2 Å². The van der Waals surface area contributed by atoms with Crippen LogP contribution in [0.5, 0.6) is 0 Å². The van der Waals surface area contributed by atoms with Gasteiger partial charge in [0.2, 0.25) is 5.91 Å². The molecular weight excluding hydrogens is 269 g/mol. The topological polar surface area (TPSA) is 55.1 Å². The minimum Gasteiger partial charge on any atom is -0.349 e. The first-order chi connectivity index (χ1) is 9.28. The molecule has 1 aliphatic carbocycles. The van der Waals surface area contributed by atoms with Crippen molar-refractivity contribution < 1.29 is 18.0 Å². The zero-order chi connectivity index (χ0) is 15.0. The van der Waals surface area contributed by atoms with Crippen LogP contribution in [0.1, 0.15) is 36.9 Å². The van der Waals surface area contributed by atoms with Gasteiger partial charge in [-0.15, -0.1) is 0 Å². The highest BCUT2D eigenvalue weighted by Crippen LogP contribution is 2.45. The zero-order valence-corrected chi connectivity index (χ0v) is 11.1. The average Bonchev–Trinajstić information content (AvgIpc) is 3.19. The Balaban J connectivity index is 2.10. The Morgan fingerprint density at radius 3 is 2.60 bits per heavy atom. The lowest BCUT2D eigenvalue weighted by Gasteiger charge is -2.19. The largest absolute Gasteiger partial charge is 0.416 e. The van der Waals surface area contributed by atoms with Crippen molar-refractivity contribution in [1.29, 1.82) is 0 Å². The number of benzene rings is 1. The molecule has 20 heavy (non-hydrogen) atoms. The van der Waals surface area contributed by atoms with Crippen molar-refractivity contribution in [3.05, 3.63) is 35.4 Å². The molecule has 1 aromatic rings. The fourth-order valence-electron chi connectivity index (χ4n) is 2.09. The van der Waals surface area contributed by atoms with E-state index in [0.29, 0.717) is 5.56 Å². The van der Waals surface area contributed by atoms with E-state index in [4.69, 9.17) is 5.73 Å². The number of rotatable bonds is 4. The first kappa shape index (κ1) is 14.8. The lowest BCUT2D eigenvalue weighted by atomic mass is 10.0. The van der Waals surface area contributed by atoms with Crippen LogP contribution >= 0.6 is 0 Å². The van der Waals surface area contributed by atoms with Crippen LogP contribution in [0.3, 0.4) is 0 Å². The molecule has 3 N–H and O–H groups in total. The number of amides is 1. The maximum absolute atomic E-state index is 12.6. The Morgan fingerprint density at radius 2 is 2.10 bits per heavy atom. The van der Waals surface area contributed by atoms with E-state index in [9.17, 15) is 18.0 Å². The van der Waals surface area contributed by atoms with Crippen LogP contribution in [0.15, 0.2) is 24.3 Å². The molecule has 3 nitrogen and oxygen atoms in total. The molecule has 1 atom stereocenters. The number of nitrogens with one attached hydrogen (secondary N) is 1. The highest BCUT2D eigenvalue weighted by atomic mass is 19.4. The van der Waals surface area contributed by atoms with Gasteiger partial charge in [-0.1, -0.05) is 12.1 Å². The van der Waals surface area contributed by atoms with Gasteiger partial charge in [0.25, 0.3) is 0 Å². The summed E-state index contributed by atoms with van der Waals surface area (Å²) in [6, 6.07) is 4.51. The van der Waals surface area contributed by atoms with Crippen molar-refractivity contribution in [1.82, 2.24) is 5.32 Å². The van der Waals surface area contributed by atoms with Gasteiger partial charge >= 0.3 is 6.18 Å². The first-order valence-electron chi connectivity index (χ1n) is 6.47. The van der Waals surface area contributed by atoms with Crippen molar-refractivity contribution in [2.45, 2.75) is 32.0 Å². The molecule has 0 aromatic heterocycles. The van der Waals surface area contributed by atoms with Gasteiger partial charge < -0.3 is 11.1 Å². The number of carbonyl (C=O) groups excluding carboxylic acids is 1. The molecule has 0 saturated heterocycles. The van der Waals surface area contributed by atoms with Gasteiger partial charge in [-0.05, 0) is 37.5 Å². The van der Waals surface area contributed by atoms with Gasteiger partial charge in [0.05, 0.1) is 17.0 Å². The highest BCUT2D eigenvalue weighted by Gasteiger charge is 2.48. The van der Waals surface area contributed by atoms with E-state index in [1.165, 1.54) is 6.07 Å². The molecule has 6 heteroatoms. The molecule has 0 aliphatic heterocycles. The zero-order valence-electron chi connectivity index (χ0n) is 11.1. The Bertz CT molecular complexity index is 509. The third kappa shape index (κ3) is 2.95. The van der Waals surface area contributed by atoms with Crippen molar-refractivity contribution in [2.75, 3.05) is 6.54 Å². The van der Waals surface area contributed by atoms with Crippen LogP contribution in [0, 0.1) is 5.41 Å². The maximum Gasteiger partial charge on any atom is 0.416 e. The minimum atomic E-state index is -4.38. The van der Waals surface area contributed by atoms with Gasteiger partial charge in [-0.3, -0.25) is 4.79 Å². The summed E-state index contributed by atoms with van der Waals surface area (Å²) < 4.78 is 37.9. The molecule has 0 radical (unpaired) electrons. The highest BCUT2D eigenvalue weighted by molar-refractivity contribution is 5.85. The summed E-state index contributed by atoms with van der Waals surface area (Å²) in [5.41, 5.74) is 4.77. The number of hydrogen-bond acceptors (Lipinski definition) is 2. The minimum absolute atomic E-state index is 0.176. The van der Waals surface area contributed by atoms with Crippen LogP contribution in [0.2, 0.25) is 0 Å². The monoisotopic (exact) mass is 286 g/mol. The summed E-state index contributed by atoms with van der Waals surface area (Å²) in [6.07, 6.45) is -2.90. The molecular formula is C14H17F3N2O. The molecule has 0 spiro atoms. The number of carbonyl (C=O) groups is 1. The van der Waals surface area contributed by atoms with E-state index in [-0.39, 0.29) is 12.5 Å². The predicted molar refractivity (Wildman–Crippen MR) is 68.7 cm³/mol. The van der Waals surface area contributed by atoms with Gasteiger partial charge in [0, 0.05) is 6.54 Å². The molecule has 0 heterocycles. The second-order valence-corrected chi connectivity index (χ2v) is 5.30. The van der Waals surface area contributed by atoms with Crippen LogP contribution in [-0.4, -0.2) is 12.5 Å². The second kappa shape index (κ2) is 5.09. The van der Waals surface area contributed by atoms with Crippen LogP contribution in [0.25, 0.3) is 0 Å². The predicted octanol–water partition coefficient (Wildman–Crippen LogP) is 2.62. The molecule has 2 rings (SSSR count). The second-order valence-electron chi connectivity index (χ2n) is 5.30. The van der Waals surface area contributed by atoms with E-state index in [0.717, 1.165) is 25.0 Å². The Labute approximate surface area is 115 Å². The number of nitrogens with two attached hydrogens (primary N) is 1. The van der Waals surface area contributed by atoms with Crippen molar-refractivity contribution >= 4 is 5.91 Å². The molecule has 1 aliphatic rings. The third-order valence-electron chi connectivity index (χ3n) is 3.79. The maximum atomic E-state index is 12.6. The van der Waals surface area contributed by atoms with E-state index in [2.05, 4.69) is 5.32 Å². The molecule has 1 amide bonds. The lowest BCUT2D eigenvalue weighted by Crippen LogP contribution is -2.37. The van der Waals surface area contributed by atoms with Crippen LogP contribution in [0.4, 0.5) is 13.2 Å². The summed E-state index contributed by atoms with van der Waals surface area (Å²) in [6.45, 7) is 1.94. The third-order valence-corrected chi connectivity index (χ3v) is 3.79. The molecule has 110 valence electrons. The molecule has 0 bridgehead atoms. The Hall–Kier alpha value is -1.56. The van der Waals surface area contributed by atoms with Gasteiger partial charge in [0.15, 0.2) is 0 Å². The van der Waals surface area contributed by atoms with E-state index >= 15 is 0 Å². The fraction of sp³-hybridized carbons (Fsp3) is 0.500. The van der Waals surface area contributed by atoms with Crippen molar-refractivity contribution in [2.24, 2.45) is 11.1 Å². The molecule has 1 unspecified atom stereocenters. The molecule has 1 saturated carbocycles. The van der Waals surface area contributed by atoms with Gasteiger partial charge in [0.1, 0.15) is 0 Å². The standard InChI is InChI=1S/C14H17F3N2O/c1-9(19-12(20)13(8-18)5-6-13)10-3-2-4-11(7-10)14(15,16)17/h2-4,7,9H,5-6,8,18H2,1H3,(H,19,20).